The predicted molar refractivity (Wildman–Crippen MR) is 76.0 cm³/mol. The highest BCUT2D eigenvalue weighted by Gasteiger charge is 2.37. The Hall–Kier alpha value is -2.25. The summed E-state index contributed by atoms with van der Waals surface area (Å²) in [4.78, 5) is 23.2. The van der Waals surface area contributed by atoms with Gasteiger partial charge in [-0.2, -0.15) is 13.2 Å². The molecule has 1 rings (SSSR count). The molecule has 0 aliphatic heterocycles. The van der Waals surface area contributed by atoms with E-state index in [0.717, 1.165) is 12.1 Å². The third kappa shape index (κ3) is 4.61. The summed E-state index contributed by atoms with van der Waals surface area (Å²) in [6.07, 6.45) is -5.80. The highest BCUT2D eigenvalue weighted by atomic mass is 19.4. The molecule has 0 aliphatic rings. The Morgan fingerprint density at radius 1 is 1.30 bits per heavy atom. The van der Waals surface area contributed by atoms with Crippen LogP contribution in [0.4, 0.5) is 13.2 Å². The number of hydrogen-bond acceptors (Lipinski definition) is 3. The third-order valence-corrected chi connectivity index (χ3v) is 3.44. The minimum Gasteiger partial charge on any atom is -0.480 e. The number of amides is 1. The van der Waals surface area contributed by atoms with Crippen molar-refractivity contribution in [2.45, 2.75) is 45.0 Å². The quantitative estimate of drug-likeness (QED) is 0.839. The van der Waals surface area contributed by atoms with E-state index < -0.39 is 41.0 Å². The van der Waals surface area contributed by atoms with E-state index in [1.54, 1.807) is 6.92 Å². The monoisotopic (exact) mass is 333 g/mol. The highest BCUT2D eigenvalue weighted by Crippen LogP contribution is 2.36. The maximum absolute atomic E-state index is 12.9. The van der Waals surface area contributed by atoms with E-state index in [0.29, 0.717) is 0 Å². The maximum Gasteiger partial charge on any atom is 0.419 e. The molecule has 0 fully saturated rings. The van der Waals surface area contributed by atoms with Crippen LogP contribution < -0.4 is 10.1 Å². The summed E-state index contributed by atoms with van der Waals surface area (Å²) in [6, 6.07) is 4.50. The first-order valence-corrected chi connectivity index (χ1v) is 6.89. The molecule has 0 spiro atoms. The first-order chi connectivity index (χ1) is 10.5. The summed E-state index contributed by atoms with van der Waals surface area (Å²) >= 11 is 0. The van der Waals surface area contributed by atoms with Gasteiger partial charge in [0, 0.05) is 0 Å². The summed E-state index contributed by atoms with van der Waals surface area (Å²) in [5, 5.41) is 11.4. The first kappa shape index (κ1) is 18.8. The third-order valence-electron chi connectivity index (χ3n) is 3.44. The molecule has 0 radical (unpaired) electrons. The molecule has 0 bridgehead atoms. The lowest BCUT2D eigenvalue weighted by atomic mass is 9.99. The van der Waals surface area contributed by atoms with Crippen molar-refractivity contribution in [3.05, 3.63) is 29.8 Å². The summed E-state index contributed by atoms with van der Waals surface area (Å²) in [5.41, 5.74) is -2.52. The summed E-state index contributed by atoms with van der Waals surface area (Å²) in [6.45, 7) is 4.13. The van der Waals surface area contributed by atoms with Crippen LogP contribution in [-0.2, 0) is 15.8 Å². The van der Waals surface area contributed by atoms with Gasteiger partial charge in [-0.1, -0.05) is 19.1 Å². The number of carbonyl (C=O) groups is 2. The van der Waals surface area contributed by atoms with Crippen molar-refractivity contribution >= 4 is 11.9 Å². The highest BCUT2D eigenvalue weighted by molar-refractivity contribution is 5.88. The molecule has 2 unspecified atom stereocenters. The maximum atomic E-state index is 12.9. The largest absolute Gasteiger partial charge is 0.480 e. The van der Waals surface area contributed by atoms with Crippen LogP contribution in [0, 0.1) is 0 Å². The van der Waals surface area contributed by atoms with Gasteiger partial charge in [0.2, 0.25) is 0 Å². The summed E-state index contributed by atoms with van der Waals surface area (Å²) in [7, 11) is 0. The molecule has 1 aromatic rings. The predicted octanol–water partition coefficient (Wildman–Crippen LogP) is 2.84. The van der Waals surface area contributed by atoms with Crippen LogP contribution in [0.1, 0.15) is 32.8 Å². The SMILES string of the molecule is CCC(C)(NC(=O)C(C)Oc1ccccc1C(F)(F)F)C(=O)O. The first-order valence-electron chi connectivity index (χ1n) is 6.89. The molecular weight excluding hydrogens is 315 g/mol. The number of halogens is 3. The van der Waals surface area contributed by atoms with E-state index in [1.165, 1.54) is 26.0 Å². The summed E-state index contributed by atoms with van der Waals surface area (Å²) < 4.78 is 43.7. The van der Waals surface area contributed by atoms with E-state index in [9.17, 15) is 22.8 Å². The number of alkyl halides is 3. The van der Waals surface area contributed by atoms with Crippen LogP contribution >= 0.6 is 0 Å². The fraction of sp³-hybridized carbons (Fsp3) is 0.467. The molecule has 2 N–H and O–H groups in total. The van der Waals surface area contributed by atoms with Crippen molar-refractivity contribution in [1.82, 2.24) is 5.32 Å². The Morgan fingerprint density at radius 2 is 1.87 bits per heavy atom. The van der Waals surface area contributed by atoms with Crippen molar-refractivity contribution in [3.63, 3.8) is 0 Å². The van der Waals surface area contributed by atoms with Crippen LogP contribution in [0.3, 0.4) is 0 Å². The molecule has 0 heterocycles. The molecule has 1 aromatic carbocycles. The molecule has 1 amide bonds. The van der Waals surface area contributed by atoms with Gasteiger partial charge < -0.3 is 15.2 Å². The van der Waals surface area contributed by atoms with Gasteiger partial charge in [0.25, 0.3) is 5.91 Å². The van der Waals surface area contributed by atoms with E-state index in [2.05, 4.69) is 5.32 Å². The van der Waals surface area contributed by atoms with Gasteiger partial charge in [0.05, 0.1) is 5.56 Å². The van der Waals surface area contributed by atoms with Gasteiger partial charge in [0.1, 0.15) is 11.3 Å². The van der Waals surface area contributed by atoms with Gasteiger partial charge in [0.15, 0.2) is 6.10 Å². The zero-order valence-corrected chi connectivity index (χ0v) is 12.9. The van der Waals surface area contributed by atoms with E-state index >= 15 is 0 Å². The number of carboxylic acid groups (broad SMARTS) is 1. The fourth-order valence-corrected chi connectivity index (χ4v) is 1.71. The van der Waals surface area contributed by atoms with Crippen molar-refractivity contribution in [3.8, 4) is 5.75 Å². The standard InChI is InChI=1S/C15H18F3NO4/c1-4-14(3,13(21)22)19-12(20)9(2)23-11-8-6-5-7-10(11)15(16,17)18/h5-9H,4H2,1-3H3,(H,19,20)(H,21,22). The minimum absolute atomic E-state index is 0.111. The molecule has 0 aromatic heterocycles. The smallest absolute Gasteiger partial charge is 0.419 e. The number of carboxylic acids is 1. The molecule has 0 aliphatic carbocycles. The second-order valence-electron chi connectivity index (χ2n) is 5.23. The molecule has 8 heteroatoms. The Morgan fingerprint density at radius 3 is 2.35 bits per heavy atom. The van der Waals surface area contributed by atoms with Crippen molar-refractivity contribution in [2.75, 3.05) is 0 Å². The number of aliphatic carboxylic acids is 1. The number of ether oxygens (including phenoxy) is 1. The zero-order valence-electron chi connectivity index (χ0n) is 12.9. The number of rotatable bonds is 6. The Bertz CT molecular complexity index is 588. The second kappa shape index (κ2) is 6.89. The van der Waals surface area contributed by atoms with E-state index in [-0.39, 0.29) is 6.42 Å². The van der Waals surface area contributed by atoms with Crippen LogP contribution in [0.2, 0.25) is 0 Å². The van der Waals surface area contributed by atoms with Gasteiger partial charge in [-0.25, -0.2) is 4.79 Å². The molecule has 128 valence electrons. The molecule has 0 saturated carbocycles. The molecule has 5 nitrogen and oxygen atoms in total. The van der Waals surface area contributed by atoms with Gasteiger partial charge in [-0.05, 0) is 32.4 Å². The molecule has 2 atom stereocenters. The Kier molecular flexibility index (Phi) is 5.63. The van der Waals surface area contributed by atoms with Crippen LogP contribution in [-0.4, -0.2) is 28.6 Å². The van der Waals surface area contributed by atoms with E-state index in [1.807, 2.05) is 0 Å². The van der Waals surface area contributed by atoms with Gasteiger partial charge in [-0.3, -0.25) is 4.79 Å². The normalized spacial score (nSPS) is 15.4. The molecular formula is C15H18F3NO4. The fourth-order valence-electron chi connectivity index (χ4n) is 1.71. The van der Waals surface area contributed by atoms with Crippen molar-refractivity contribution in [2.24, 2.45) is 0 Å². The minimum atomic E-state index is -4.62. The Balaban J connectivity index is 2.91. The topological polar surface area (TPSA) is 75.6 Å². The number of hydrogen-bond donors (Lipinski definition) is 2. The van der Waals surface area contributed by atoms with Crippen molar-refractivity contribution < 1.29 is 32.6 Å². The zero-order chi connectivity index (χ0) is 17.8. The molecule has 23 heavy (non-hydrogen) atoms. The average molecular weight is 333 g/mol. The number of nitrogens with one attached hydrogen (secondary N) is 1. The second-order valence-corrected chi connectivity index (χ2v) is 5.23. The lowest BCUT2D eigenvalue weighted by molar-refractivity contribution is -0.148. The van der Waals surface area contributed by atoms with Crippen molar-refractivity contribution in [1.29, 1.82) is 0 Å². The van der Waals surface area contributed by atoms with Crippen LogP contribution in [0.25, 0.3) is 0 Å². The number of carbonyl (C=O) groups excluding carboxylic acids is 1. The average Bonchev–Trinajstić information content (AvgIpc) is 2.46. The van der Waals surface area contributed by atoms with Crippen LogP contribution in [0.15, 0.2) is 24.3 Å². The van der Waals surface area contributed by atoms with Gasteiger partial charge in [-0.15, -0.1) is 0 Å². The van der Waals surface area contributed by atoms with Gasteiger partial charge >= 0.3 is 12.1 Å². The lowest BCUT2D eigenvalue weighted by Gasteiger charge is -2.27. The number of para-hydroxylation sites is 1. The number of benzene rings is 1. The van der Waals surface area contributed by atoms with E-state index in [4.69, 9.17) is 9.84 Å². The lowest BCUT2D eigenvalue weighted by Crippen LogP contribution is -2.54. The molecule has 0 saturated heterocycles. The van der Waals surface area contributed by atoms with Crippen LogP contribution in [0.5, 0.6) is 5.75 Å². The Labute approximate surface area is 131 Å². The summed E-state index contributed by atoms with van der Waals surface area (Å²) in [5.74, 6) is -2.54.